The van der Waals surface area contributed by atoms with E-state index in [2.05, 4.69) is 18.6 Å². The third-order valence-corrected chi connectivity index (χ3v) is 5.09. The van der Waals surface area contributed by atoms with E-state index in [0.29, 0.717) is 5.69 Å². The molecule has 3 N–H and O–H groups in total. The average Bonchev–Trinajstić information content (AvgIpc) is 2.57. The van der Waals surface area contributed by atoms with Crippen LogP contribution in [0.4, 0.5) is 5.69 Å². The van der Waals surface area contributed by atoms with Crippen LogP contribution in [0.3, 0.4) is 0 Å². The summed E-state index contributed by atoms with van der Waals surface area (Å²) in [6.07, 6.45) is 2.81. The standard InChI is InChI=1S/C13H20N2O2S/c1-13(2)8-7-10(9-13)15-18(16,17)12-6-4-3-5-11(12)14/h3-6,10,15H,7-9,14H2,1-2H3. The normalized spacial score (nSPS) is 23.1. The highest BCUT2D eigenvalue weighted by molar-refractivity contribution is 7.89. The monoisotopic (exact) mass is 268 g/mol. The van der Waals surface area contributed by atoms with Crippen LogP contribution in [0.25, 0.3) is 0 Å². The zero-order valence-electron chi connectivity index (χ0n) is 10.8. The van der Waals surface area contributed by atoms with Crippen molar-refractivity contribution in [2.75, 3.05) is 5.73 Å². The molecule has 0 amide bonds. The van der Waals surface area contributed by atoms with Gasteiger partial charge in [0.05, 0.1) is 5.69 Å². The van der Waals surface area contributed by atoms with Gasteiger partial charge in [-0.25, -0.2) is 13.1 Å². The van der Waals surface area contributed by atoms with Crippen LogP contribution < -0.4 is 10.5 Å². The van der Waals surface area contributed by atoms with Crippen LogP contribution >= 0.6 is 0 Å². The van der Waals surface area contributed by atoms with Crippen molar-refractivity contribution in [2.24, 2.45) is 5.41 Å². The molecule has 1 aliphatic carbocycles. The summed E-state index contributed by atoms with van der Waals surface area (Å²) >= 11 is 0. The van der Waals surface area contributed by atoms with Crippen molar-refractivity contribution in [1.29, 1.82) is 0 Å². The average molecular weight is 268 g/mol. The van der Waals surface area contributed by atoms with E-state index >= 15 is 0 Å². The third-order valence-electron chi connectivity index (χ3n) is 3.50. The minimum atomic E-state index is -3.50. The topological polar surface area (TPSA) is 72.2 Å². The van der Waals surface area contributed by atoms with Crippen molar-refractivity contribution in [3.63, 3.8) is 0 Å². The van der Waals surface area contributed by atoms with E-state index in [1.165, 1.54) is 6.07 Å². The van der Waals surface area contributed by atoms with Gasteiger partial charge in [0.1, 0.15) is 4.90 Å². The Morgan fingerprint density at radius 1 is 1.33 bits per heavy atom. The third kappa shape index (κ3) is 2.84. The highest BCUT2D eigenvalue weighted by Crippen LogP contribution is 2.37. The number of benzene rings is 1. The number of nitrogen functional groups attached to an aromatic ring is 1. The summed E-state index contributed by atoms with van der Waals surface area (Å²) in [7, 11) is -3.50. The number of anilines is 1. The van der Waals surface area contributed by atoms with Gasteiger partial charge >= 0.3 is 0 Å². The van der Waals surface area contributed by atoms with Crippen LogP contribution in [0.5, 0.6) is 0 Å². The lowest BCUT2D eigenvalue weighted by Crippen LogP contribution is -2.33. The van der Waals surface area contributed by atoms with Crippen LogP contribution in [0, 0.1) is 5.41 Å². The van der Waals surface area contributed by atoms with Gasteiger partial charge in [-0.3, -0.25) is 0 Å². The van der Waals surface area contributed by atoms with Crippen molar-refractivity contribution in [3.8, 4) is 0 Å². The minimum absolute atomic E-state index is 0.0182. The quantitative estimate of drug-likeness (QED) is 0.825. The van der Waals surface area contributed by atoms with E-state index in [0.717, 1.165) is 19.3 Å². The molecule has 0 heterocycles. The van der Waals surface area contributed by atoms with Crippen LogP contribution in [0.1, 0.15) is 33.1 Å². The summed E-state index contributed by atoms with van der Waals surface area (Å²) in [4.78, 5) is 0.176. The molecule has 0 saturated heterocycles. The summed E-state index contributed by atoms with van der Waals surface area (Å²) in [5, 5.41) is 0. The van der Waals surface area contributed by atoms with Gasteiger partial charge in [0.15, 0.2) is 0 Å². The molecule has 0 radical (unpaired) electrons. The smallest absolute Gasteiger partial charge is 0.242 e. The molecule has 1 fully saturated rings. The molecule has 18 heavy (non-hydrogen) atoms. The van der Waals surface area contributed by atoms with E-state index < -0.39 is 10.0 Å². The zero-order chi connectivity index (χ0) is 13.4. The van der Waals surface area contributed by atoms with Crippen molar-refractivity contribution in [2.45, 2.75) is 44.0 Å². The van der Waals surface area contributed by atoms with Crippen LogP contribution in [0.15, 0.2) is 29.2 Å². The summed E-state index contributed by atoms with van der Waals surface area (Å²) in [5.41, 5.74) is 6.23. The summed E-state index contributed by atoms with van der Waals surface area (Å²) in [5.74, 6) is 0. The van der Waals surface area contributed by atoms with Crippen molar-refractivity contribution >= 4 is 15.7 Å². The lowest BCUT2D eigenvalue weighted by atomic mass is 9.92. The van der Waals surface area contributed by atoms with Crippen molar-refractivity contribution in [1.82, 2.24) is 4.72 Å². The number of rotatable bonds is 3. The molecule has 0 aliphatic heterocycles. The van der Waals surface area contributed by atoms with Crippen molar-refractivity contribution in [3.05, 3.63) is 24.3 Å². The molecule has 1 aromatic rings. The van der Waals surface area contributed by atoms with Crippen LogP contribution in [-0.2, 0) is 10.0 Å². The van der Waals surface area contributed by atoms with Gasteiger partial charge in [0.25, 0.3) is 0 Å². The number of hydrogen-bond donors (Lipinski definition) is 2. The maximum Gasteiger partial charge on any atom is 0.242 e. The fourth-order valence-electron chi connectivity index (χ4n) is 2.54. The molecular formula is C13H20N2O2S. The molecule has 100 valence electrons. The van der Waals surface area contributed by atoms with Gasteiger partial charge in [0.2, 0.25) is 10.0 Å². The summed E-state index contributed by atoms with van der Waals surface area (Å²) in [6.45, 7) is 4.33. The number of hydrogen-bond acceptors (Lipinski definition) is 3. The molecule has 1 atom stereocenters. The molecule has 1 aliphatic rings. The fourth-order valence-corrected chi connectivity index (χ4v) is 3.95. The second kappa shape index (κ2) is 4.55. The van der Waals surface area contributed by atoms with Crippen LogP contribution in [0.2, 0.25) is 0 Å². The minimum Gasteiger partial charge on any atom is -0.398 e. The Bertz CT molecular complexity index is 538. The molecule has 0 bridgehead atoms. The Balaban J connectivity index is 2.17. The molecule has 4 nitrogen and oxygen atoms in total. The first kappa shape index (κ1) is 13.4. The van der Waals surface area contributed by atoms with E-state index in [1.807, 2.05) is 0 Å². The van der Waals surface area contributed by atoms with E-state index in [4.69, 9.17) is 5.73 Å². The predicted molar refractivity (Wildman–Crippen MR) is 72.6 cm³/mol. The highest BCUT2D eigenvalue weighted by Gasteiger charge is 2.33. The first-order valence-corrected chi connectivity index (χ1v) is 7.65. The van der Waals surface area contributed by atoms with Gasteiger partial charge in [-0.15, -0.1) is 0 Å². The summed E-state index contributed by atoms with van der Waals surface area (Å²) in [6, 6.07) is 6.58. The Morgan fingerprint density at radius 3 is 2.56 bits per heavy atom. The number of para-hydroxylation sites is 1. The van der Waals surface area contributed by atoms with Gasteiger partial charge < -0.3 is 5.73 Å². The highest BCUT2D eigenvalue weighted by atomic mass is 32.2. The first-order valence-electron chi connectivity index (χ1n) is 6.17. The van der Waals surface area contributed by atoms with Gasteiger partial charge in [-0.2, -0.15) is 0 Å². The predicted octanol–water partition coefficient (Wildman–Crippen LogP) is 2.13. The van der Waals surface area contributed by atoms with Gasteiger partial charge in [0, 0.05) is 6.04 Å². The Morgan fingerprint density at radius 2 is 2.00 bits per heavy atom. The maximum atomic E-state index is 12.2. The molecule has 2 rings (SSSR count). The lowest BCUT2D eigenvalue weighted by molar-refractivity contribution is 0.372. The molecule has 5 heteroatoms. The molecule has 1 saturated carbocycles. The SMILES string of the molecule is CC1(C)CCC(NS(=O)(=O)c2ccccc2N)C1. The second-order valence-corrected chi connectivity index (χ2v) is 7.45. The van der Waals surface area contributed by atoms with E-state index in [1.54, 1.807) is 18.2 Å². The van der Waals surface area contributed by atoms with Crippen molar-refractivity contribution < 1.29 is 8.42 Å². The summed E-state index contributed by atoms with van der Waals surface area (Å²) < 4.78 is 27.2. The molecular weight excluding hydrogens is 248 g/mol. The number of sulfonamides is 1. The molecule has 1 unspecified atom stereocenters. The molecule has 0 aromatic heterocycles. The van der Waals surface area contributed by atoms with Gasteiger partial charge in [-0.05, 0) is 36.8 Å². The lowest BCUT2D eigenvalue weighted by Gasteiger charge is -2.18. The van der Waals surface area contributed by atoms with E-state index in [9.17, 15) is 8.42 Å². The Kier molecular flexibility index (Phi) is 3.38. The van der Waals surface area contributed by atoms with Crippen LogP contribution in [-0.4, -0.2) is 14.5 Å². The molecule has 1 aromatic carbocycles. The maximum absolute atomic E-state index is 12.2. The largest absolute Gasteiger partial charge is 0.398 e. The van der Waals surface area contributed by atoms with Gasteiger partial charge in [-0.1, -0.05) is 26.0 Å². The second-order valence-electron chi connectivity index (χ2n) is 5.76. The Labute approximate surface area is 109 Å². The zero-order valence-corrected chi connectivity index (χ0v) is 11.6. The molecule has 0 spiro atoms. The number of nitrogens with two attached hydrogens (primary N) is 1. The fraction of sp³-hybridized carbons (Fsp3) is 0.538. The van der Waals surface area contributed by atoms with E-state index in [-0.39, 0.29) is 16.4 Å². The first-order chi connectivity index (χ1) is 8.30. The Hall–Kier alpha value is -1.07. The number of nitrogens with one attached hydrogen (secondary N) is 1.